The smallest absolute Gasteiger partial charge is 0.410 e. The quantitative estimate of drug-likeness (QED) is 0.722. The van der Waals surface area contributed by atoms with Crippen molar-refractivity contribution in [2.75, 3.05) is 26.4 Å². The molecule has 4 aliphatic carbocycles. The first-order valence-electron chi connectivity index (χ1n) is 10.2. The third kappa shape index (κ3) is 4.04. The van der Waals surface area contributed by atoms with Crippen LogP contribution in [0.25, 0.3) is 0 Å². The Bertz CT molecular complexity index is 523. The molecule has 26 heavy (non-hydrogen) atoms. The van der Waals surface area contributed by atoms with E-state index < -0.39 is 5.60 Å². The summed E-state index contributed by atoms with van der Waals surface area (Å²) in [6.07, 6.45) is 6.91. The van der Waals surface area contributed by atoms with Crippen LogP contribution in [0.15, 0.2) is 0 Å². The van der Waals surface area contributed by atoms with Gasteiger partial charge in [-0.25, -0.2) is 4.79 Å². The molecule has 0 aromatic carbocycles. The van der Waals surface area contributed by atoms with Crippen molar-refractivity contribution in [1.29, 1.82) is 0 Å². The van der Waals surface area contributed by atoms with E-state index in [1.165, 1.54) is 19.3 Å². The Labute approximate surface area is 158 Å². The largest absolute Gasteiger partial charge is 0.444 e. The summed E-state index contributed by atoms with van der Waals surface area (Å²) in [5, 5.41) is 8.96. The van der Waals surface area contributed by atoms with Gasteiger partial charge in [0.05, 0.1) is 19.8 Å². The summed E-state index contributed by atoms with van der Waals surface area (Å²) < 4.78 is 11.3. The van der Waals surface area contributed by atoms with Crippen LogP contribution >= 0.6 is 0 Å². The SMILES string of the molecule is CC12CC3CC(C)(C1)CC(N(CCOCCO)C(=O)OC(C)(C)C)(C3)C2. The van der Waals surface area contributed by atoms with Gasteiger partial charge in [-0.1, -0.05) is 13.8 Å². The molecule has 5 heteroatoms. The third-order valence-corrected chi connectivity index (χ3v) is 6.48. The number of carbonyl (C=O) groups is 1. The molecule has 0 aliphatic heterocycles. The number of aliphatic hydroxyl groups is 1. The van der Waals surface area contributed by atoms with Gasteiger partial charge in [-0.3, -0.25) is 0 Å². The predicted octanol–water partition coefficient (Wildman–Crippen LogP) is 3.98. The zero-order valence-electron chi connectivity index (χ0n) is 17.3. The fraction of sp³-hybridized carbons (Fsp3) is 0.952. The Kier molecular flexibility index (Phi) is 5.11. The number of ether oxygens (including phenoxy) is 2. The van der Waals surface area contributed by atoms with Gasteiger partial charge in [0.15, 0.2) is 0 Å². The fourth-order valence-electron chi connectivity index (χ4n) is 6.85. The topological polar surface area (TPSA) is 59.0 Å². The number of aliphatic hydroxyl groups excluding tert-OH is 1. The molecule has 2 unspecified atom stereocenters. The minimum absolute atomic E-state index is 0.00972. The van der Waals surface area contributed by atoms with Gasteiger partial charge < -0.3 is 19.5 Å². The van der Waals surface area contributed by atoms with E-state index in [0.29, 0.717) is 36.5 Å². The monoisotopic (exact) mass is 367 g/mol. The summed E-state index contributed by atoms with van der Waals surface area (Å²) >= 11 is 0. The number of amides is 1. The van der Waals surface area contributed by atoms with Crippen LogP contribution in [0.5, 0.6) is 0 Å². The Morgan fingerprint density at radius 3 is 2.19 bits per heavy atom. The van der Waals surface area contributed by atoms with E-state index in [4.69, 9.17) is 14.6 Å². The van der Waals surface area contributed by atoms with E-state index in [0.717, 1.165) is 19.3 Å². The Balaban J connectivity index is 1.84. The number of carbonyl (C=O) groups excluding carboxylic acids is 1. The van der Waals surface area contributed by atoms with E-state index in [-0.39, 0.29) is 18.2 Å². The van der Waals surface area contributed by atoms with Gasteiger partial charge in [0, 0.05) is 12.1 Å². The molecule has 5 nitrogen and oxygen atoms in total. The predicted molar refractivity (Wildman–Crippen MR) is 101 cm³/mol. The van der Waals surface area contributed by atoms with Gasteiger partial charge >= 0.3 is 6.09 Å². The maximum absolute atomic E-state index is 13.1. The number of hydrogen-bond donors (Lipinski definition) is 1. The van der Waals surface area contributed by atoms with Crippen molar-refractivity contribution in [1.82, 2.24) is 4.90 Å². The maximum Gasteiger partial charge on any atom is 0.410 e. The lowest BCUT2D eigenvalue weighted by molar-refractivity contribution is -0.159. The molecule has 0 aromatic heterocycles. The van der Waals surface area contributed by atoms with Crippen molar-refractivity contribution in [2.24, 2.45) is 16.7 Å². The van der Waals surface area contributed by atoms with Crippen molar-refractivity contribution >= 4 is 6.09 Å². The van der Waals surface area contributed by atoms with Gasteiger partial charge in [0.2, 0.25) is 0 Å². The van der Waals surface area contributed by atoms with Gasteiger partial charge in [-0.2, -0.15) is 0 Å². The zero-order valence-corrected chi connectivity index (χ0v) is 17.3. The van der Waals surface area contributed by atoms with Crippen LogP contribution in [-0.2, 0) is 9.47 Å². The average molecular weight is 368 g/mol. The van der Waals surface area contributed by atoms with Crippen molar-refractivity contribution < 1.29 is 19.4 Å². The highest BCUT2D eigenvalue weighted by Crippen LogP contribution is 2.67. The molecule has 0 heterocycles. The number of hydrogen-bond acceptors (Lipinski definition) is 4. The van der Waals surface area contributed by atoms with Crippen molar-refractivity contribution in [2.45, 2.75) is 84.3 Å². The van der Waals surface area contributed by atoms with Crippen LogP contribution in [0.2, 0.25) is 0 Å². The molecule has 0 spiro atoms. The minimum atomic E-state index is -0.503. The van der Waals surface area contributed by atoms with Gasteiger partial charge in [0.1, 0.15) is 5.60 Å². The molecule has 0 aromatic rings. The average Bonchev–Trinajstić information content (AvgIpc) is 2.40. The lowest BCUT2D eigenvalue weighted by Gasteiger charge is -2.67. The Hall–Kier alpha value is -0.810. The molecular weight excluding hydrogens is 330 g/mol. The maximum atomic E-state index is 13.1. The second-order valence-corrected chi connectivity index (χ2v) is 10.8. The van der Waals surface area contributed by atoms with Crippen LogP contribution < -0.4 is 0 Å². The second kappa shape index (κ2) is 6.66. The van der Waals surface area contributed by atoms with E-state index in [9.17, 15) is 4.79 Å². The summed E-state index contributed by atoms with van der Waals surface area (Å²) in [6.45, 7) is 11.9. The lowest BCUT2D eigenvalue weighted by atomic mass is 9.42. The zero-order chi connectivity index (χ0) is 19.2. The molecule has 4 bridgehead atoms. The molecule has 2 atom stereocenters. The van der Waals surface area contributed by atoms with E-state index in [2.05, 4.69) is 13.8 Å². The summed E-state index contributed by atoms with van der Waals surface area (Å²) in [5.41, 5.74) is 0.0615. The molecule has 4 rings (SSSR count). The third-order valence-electron chi connectivity index (χ3n) is 6.48. The number of nitrogens with zero attached hydrogens (tertiary/aromatic N) is 1. The van der Waals surface area contributed by atoms with E-state index in [1.54, 1.807) is 0 Å². The first-order valence-corrected chi connectivity index (χ1v) is 10.2. The summed E-state index contributed by atoms with van der Waals surface area (Å²) in [4.78, 5) is 15.1. The molecular formula is C21H37NO4. The summed E-state index contributed by atoms with van der Waals surface area (Å²) in [6, 6.07) is 0. The van der Waals surface area contributed by atoms with Crippen LogP contribution in [0.3, 0.4) is 0 Å². The highest BCUT2D eigenvalue weighted by Gasteiger charge is 2.62. The van der Waals surface area contributed by atoms with Crippen LogP contribution in [0.4, 0.5) is 4.79 Å². The van der Waals surface area contributed by atoms with Gasteiger partial charge in [-0.05, 0) is 76.0 Å². The summed E-state index contributed by atoms with van der Waals surface area (Å²) in [7, 11) is 0. The van der Waals surface area contributed by atoms with Crippen LogP contribution in [0.1, 0.15) is 73.1 Å². The van der Waals surface area contributed by atoms with Gasteiger partial charge in [-0.15, -0.1) is 0 Å². The number of rotatable bonds is 6. The summed E-state index contributed by atoms with van der Waals surface area (Å²) in [5.74, 6) is 0.713. The standard InChI is InChI=1S/C21H37NO4/c1-18(2,3)26-17(24)22(6-8-25-9-7-23)21-12-16-10-19(4,14-21)13-20(5,11-16)15-21/h16,23H,6-15H2,1-5H3. The minimum Gasteiger partial charge on any atom is -0.444 e. The van der Waals surface area contributed by atoms with E-state index in [1.807, 2.05) is 25.7 Å². The lowest BCUT2D eigenvalue weighted by Crippen LogP contribution is -2.67. The van der Waals surface area contributed by atoms with Crippen molar-refractivity contribution in [3.8, 4) is 0 Å². The molecule has 4 fully saturated rings. The van der Waals surface area contributed by atoms with Crippen molar-refractivity contribution in [3.63, 3.8) is 0 Å². The molecule has 150 valence electrons. The molecule has 4 aliphatic rings. The second-order valence-electron chi connectivity index (χ2n) is 10.8. The fourth-order valence-corrected chi connectivity index (χ4v) is 6.85. The van der Waals surface area contributed by atoms with Crippen LogP contribution in [0, 0.1) is 16.7 Å². The highest BCUT2D eigenvalue weighted by atomic mass is 16.6. The molecule has 1 N–H and O–H groups in total. The Morgan fingerprint density at radius 2 is 1.69 bits per heavy atom. The first-order chi connectivity index (χ1) is 12.0. The van der Waals surface area contributed by atoms with Gasteiger partial charge in [0.25, 0.3) is 0 Å². The highest BCUT2D eigenvalue weighted by molar-refractivity contribution is 5.69. The Morgan fingerprint density at radius 1 is 1.08 bits per heavy atom. The van der Waals surface area contributed by atoms with E-state index >= 15 is 0 Å². The normalized spacial score (nSPS) is 38.5. The first kappa shape index (κ1) is 19.9. The molecule has 4 saturated carbocycles. The van der Waals surface area contributed by atoms with Crippen LogP contribution in [-0.4, -0.2) is 53.6 Å². The molecule has 0 radical (unpaired) electrons. The van der Waals surface area contributed by atoms with Crippen molar-refractivity contribution in [3.05, 3.63) is 0 Å². The molecule has 1 amide bonds. The molecule has 0 saturated heterocycles.